The Morgan fingerprint density at radius 2 is 2.00 bits per heavy atom. The molecule has 0 aromatic carbocycles. The number of hydrogen-bond donors (Lipinski definition) is 1. The van der Waals surface area contributed by atoms with Crippen molar-refractivity contribution in [1.82, 2.24) is 10.2 Å². The van der Waals surface area contributed by atoms with Gasteiger partial charge in [0.1, 0.15) is 5.60 Å². The van der Waals surface area contributed by atoms with E-state index in [1.807, 2.05) is 25.7 Å². The van der Waals surface area contributed by atoms with E-state index >= 15 is 0 Å². The lowest BCUT2D eigenvalue weighted by Crippen LogP contribution is -2.53. The Kier molecular flexibility index (Phi) is 6.89. The molecule has 2 aliphatic heterocycles. The minimum absolute atomic E-state index is 0.0613. The third-order valence-electron chi connectivity index (χ3n) is 4.62. The second-order valence-corrected chi connectivity index (χ2v) is 8.15. The zero-order valence-corrected chi connectivity index (χ0v) is 15.8. The van der Waals surface area contributed by atoms with Gasteiger partial charge in [0.2, 0.25) is 0 Å². The zero-order chi connectivity index (χ0) is 17.7. The van der Waals surface area contributed by atoms with Crippen molar-refractivity contribution in [2.75, 3.05) is 33.0 Å². The molecule has 0 bridgehead atoms. The number of amides is 1. The first-order valence-corrected chi connectivity index (χ1v) is 9.17. The van der Waals surface area contributed by atoms with E-state index in [1.54, 1.807) is 0 Å². The number of carbonyl (C=O) groups is 1. The highest BCUT2D eigenvalue weighted by atomic mass is 16.6. The van der Waals surface area contributed by atoms with Crippen LogP contribution in [0.2, 0.25) is 0 Å². The quantitative estimate of drug-likeness (QED) is 0.850. The number of carbonyl (C=O) groups excluding carboxylic acids is 1. The van der Waals surface area contributed by atoms with E-state index in [2.05, 4.69) is 19.2 Å². The molecule has 0 spiro atoms. The summed E-state index contributed by atoms with van der Waals surface area (Å²) in [4.78, 5) is 14.3. The first-order valence-electron chi connectivity index (χ1n) is 9.17. The van der Waals surface area contributed by atoms with Gasteiger partial charge in [-0.2, -0.15) is 0 Å². The molecule has 2 aliphatic rings. The zero-order valence-electron chi connectivity index (χ0n) is 15.8. The highest BCUT2D eigenvalue weighted by Gasteiger charge is 2.32. The van der Waals surface area contributed by atoms with E-state index in [4.69, 9.17) is 14.2 Å². The number of nitrogens with one attached hydrogen (secondary N) is 1. The fraction of sp³-hybridized carbons (Fsp3) is 0.944. The predicted molar refractivity (Wildman–Crippen MR) is 93.1 cm³/mol. The largest absolute Gasteiger partial charge is 0.444 e. The van der Waals surface area contributed by atoms with Crippen LogP contribution in [0.15, 0.2) is 0 Å². The molecule has 6 nitrogen and oxygen atoms in total. The molecule has 1 N–H and O–H groups in total. The van der Waals surface area contributed by atoms with Gasteiger partial charge in [-0.25, -0.2) is 4.79 Å². The molecule has 24 heavy (non-hydrogen) atoms. The average molecular weight is 342 g/mol. The summed E-state index contributed by atoms with van der Waals surface area (Å²) in [5, 5.41) is 3.71. The summed E-state index contributed by atoms with van der Waals surface area (Å²) in [5.74, 6) is 0.519. The fourth-order valence-electron chi connectivity index (χ4n) is 3.38. The fourth-order valence-corrected chi connectivity index (χ4v) is 3.38. The number of ether oxygens (including phenoxy) is 3. The lowest BCUT2D eigenvalue weighted by molar-refractivity contribution is -0.0365. The molecule has 2 fully saturated rings. The number of nitrogens with zero attached hydrogens (tertiary/aromatic N) is 1. The van der Waals surface area contributed by atoms with Gasteiger partial charge in [0.15, 0.2) is 0 Å². The molecule has 4 atom stereocenters. The van der Waals surface area contributed by atoms with Crippen molar-refractivity contribution in [2.45, 2.75) is 71.2 Å². The van der Waals surface area contributed by atoms with Crippen molar-refractivity contribution in [3.63, 3.8) is 0 Å². The summed E-state index contributed by atoms with van der Waals surface area (Å²) in [6, 6.07) is 0.853. The molecule has 2 heterocycles. The highest BCUT2D eigenvalue weighted by molar-refractivity contribution is 5.68. The molecule has 0 aromatic rings. The Balaban J connectivity index is 1.88. The van der Waals surface area contributed by atoms with Crippen molar-refractivity contribution >= 4 is 6.09 Å². The van der Waals surface area contributed by atoms with Crippen LogP contribution in [0.5, 0.6) is 0 Å². The second kappa shape index (κ2) is 8.50. The van der Waals surface area contributed by atoms with Crippen molar-refractivity contribution < 1.29 is 19.0 Å². The molecular formula is C18H34N2O4. The van der Waals surface area contributed by atoms with Gasteiger partial charge in [-0.1, -0.05) is 6.92 Å². The monoisotopic (exact) mass is 342 g/mol. The molecular weight excluding hydrogens is 308 g/mol. The van der Waals surface area contributed by atoms with Gasteiger partial charge in [0.25, 0.3) is 0 Å². The molecule has 0 saturated carbocycles. The first-order chi connectivity index (χ1) is 11.3. The van der Waals surface area contributed by atoms with Crippen LogP contribution in [-0.4, -0.2) is 67.7 Å². The van der Waals surface area contributed by atoms with Gasteiger partial charge in [0.05, 0.1) is 25.9 Å². The Morgan fingerprint density at radius 1 is 1.29 bits per heavy atom. The third-order valence-corrected chi connectivity index (χ3v) is 4.62. The van der Waals surface area contributed by atoms with E-state index in [0.29, 0.717) is 37.8 Å². The van der Waals surface area contributed by atoms with Gasteiger partial charge in [0, 0.05) is 25.2 Å². The smallest absolute Gasteiger partial charge is 0.410 e. The maximum Gasteiger partial charge on any atom is 0.410 e. The molecule has 0 radical (unpaired) electrons. The van der Waals surface area contributed by atoms with Crippen molar-refractivity contribution in [3.8, 4) is 0 Å². The van der Waals surface area contributed by atoms with Gasteiger partial charge in [-0.05, 0) is 46.5 Å². The van der Waals surface area contributed by atoms with Gasteiger partial charge in [-0.3, -0.25) is 0 Å². The second-order valence-electron chi connectivity index (χ2n) is 8.15. The van der Waals surface area contributed by atoms with E-state index in [-0.39, 0.29) is 12.1 Å². The molecule has 140 valence electrons. The lowest BCUT2D eigenvalue weighted by atomic mass is 9.96. The Morgan fingerprint density at radius 3 is 2.67 bits per heavy atom. The summed E-state index contributed by atoms with van der Waals surface area (Å²) < 4.78 is 16.7. The van der Waals surface area contributed by atoms with Crippen LogP contribution >= 0.6 is 0 Å². The van der Waals surface area contributed by atoms with Crippen LogP contribution < -0.4 is 5.32 Å². The maximum atomic E-state index is 12.5. The molecule has 0 aromatic heterocycles. The van der Waals surface area contributed by atoms with Crippen molar-refractivity contribution in [2.24, 2.45) is 5.92 Å². The summed E-state index contributed by atoms with van der Waals surface area (Å²) in [5.41, 5.74) is -0.471. The summed E-state index contributed by atoms with van der Waals surface area (Å²) in [7, 11) is 0. The van der Waals surface area contributed by atoms with Crippen LogP contribution in [0.4, 0.5) is 4.79 Å². The predicted octanol–water partition coefficient (Wildman–Crippen LogP) is 2.42. The van der Waals surface area contributed by atoms with Gasteiger partial charge in [-0.15, -0.1) is 0 Å². The summed E-state index contributed by atoms with van der Waals surface area (Å²) >= 11 is 0. The Bertz CT molecular complexity index is 410. The number of rotatable bonds is 4. The standard InChI is InChI=1S/C18H34N2O4/c1-13-11-22-8-6-16(13)19-14(2)10-15-12-23-9-7-20(15)17(21)24-18(3,4)5/h13-16,19H,6-12H2,1-5H3. The Hall–Kier alpha value is -0.850. The van der Waals surface area contributed by atoms with Crippen molar-refractivity contribution in [3.05, 3.63) is 0 Å². The van der Waals surface area contributed by atoms with Crippen LogP contribution in [0.1, 0.15) is 47.5 Å². The van der Waals surface area contributed by atoms with Gasteiger partial charge < -0.3 is 24.4 Å². The first kappa shape index (κ1) is 19.5. The average Bonchev–Trinajstić information content (AvgIpc) is 2.48. The third kappa shape index (κ3) is 5.90. The molecule has 1 amide bonds. The van der Waals surface area contributed by atoms with Crippen LogP contribution in [0.25, 0.3) is 0 Å². The molecule has 2 saturated heterocycles. The lowest BCUT2D eigenvalue weighted by Gasteiger charge is -2.39. The summed E-state index contributed by atoms with van der Waals surface area (Å²) in [6.45, 7) is 13.5. The highest BCUT2D eigenvalue weighted by Crippen LogP contribution is 2.19. The van der Waals surface area contributed by atoms with Crippen LogP contribution in [-0.2, 0) is 14.2 Å². The van der Waals surface area contributed by atoms with Gasteiger partial charge >= 0.3 is 6.09 Å². The minimum atomic E-state index is -0.471. The molecule has 6 heteroatoms. The van der Waals surface area contributed by atoms with E-state index < -0.39 is 5.60 Å². The van der Waals surface area contributed by atoms with E-state index in [9.17, 15) is 4.79 Å². The molecule has 0 aliphatic carbocycles. The van der Waals surface area contributed by atoms with Crippen LogP contribution in [0.3, 0.4) is 0 Å². The van der Waals surface area contributed by atoms with Crippen molar-refractivity contribution in [1.29, 1.82) is 0 Å². The Labute approximate surface area is 146 Å². The topological polar surface area (TPSA) is 60.0 Å². The maximum absolute atomic E-state index is 12.5. The molecule has 2 rings (SSSR count). The van der Waals surface area contributed by atoms with Crippen LogP contribution in [0, 0.1) is 5.92 Å². The molecule has 4 unspecified atom stereocenters. The van der Waals surface area contributed by atoms with E-state index in [0.717, 1.165) is 26.1 Å². The number of morpholine rings is 1. The SMILES string of the molecule is CC(CC1COCCN1C(=O)OC(C)(C)C)NC1CCOCC1C. The normalized spacial score (nSPS) is 30.0. The summed E-state index contributed by atoms with van der Waals surface area (Å²) in [6.07, 6.45) is 1.67. The number of hydrogen-bond acceptors (Lipinski definition) is 5. The van der Waals surface area contributed by atoms with E-state index in [1.165, 1.54) is 0 Å². The minimum Gasteiger partial charge on any atom is -0.444 e.